The standard InChI is InChI=1S/C12H19BrN2S2/c13-11-3-6-17-12(11)8-10(15-14)7-9-1-4-16-5-2-9/h3,6,9-10,15H,1-2,4-5,7-8,14H2. The maximum absolute atomic E-state index is 5.69. The molecule has 2 rings (SSSR count). The lowest BCUT2D eigenvalue weighted by atomic mass is 9.93. The van der Waals surface area contributed by atoms with Crippen LogP contribution in [-0.4, -0.2) is 17.5 Å². The average Bonchev–Trinajstić information content (AvgIpc) is 2.75. The van der Waals surface area contributed by atoms with Gasteiger partial charge in [0.1, 0.15) is 0 Å². The van der Waals surface area contributed by atoms with Gasteiger partial charge in [0, 0.05) is 15.4 Å². The van der Waals surface area contributed by atoms with Gasteiger partial charge in [-0.2, -0.15) is 11.8 Å². The van der Waals surface area contributed by atoms with Crippen LogP contribution in [0.5, 0.6) is 0 Å². The number of nitrogens with one attached hydrogen (secondary N) is 1. The Bertz CT molecular complexity index is 337. The summed E-state index contributed by atoms with van der Waals surface area (Å²) in [6, 6.07) is 2.53. The molecule has 1 atom stereocenters. The summed E-state index contributed by atoms with van der Waals surface area (Å²) in [4.78, 5) is 1.40. The smallest absolute Gasteiger partial charge is 0.0314 e. The fourth-order valence-electron chi connectivity index (χ4n) is 2.29. The topological polar surface area (TPSA) is 38.0 Å². The van der Waals surface area contributed by atoms with E-state index in [1.54, 1.807) is 0 Å². The number of hydrogen-bond donors (Lipinski definition) is 2. The summed E-state index contributed by atoms with van der Waals surface area (Å²) in [6.45, 7) is 0. The first-order chi connectivity index (χ1) is 8.29. The number of thioether (sulfide) groups is 1. The molecule has 5 heteroatoms. The number of hydrogen-bond acceptors (Lipinski definition) is 4. The summed E-state index contributed by atoms with van der Waals surface area (Å²) in [5.74, 6) is 9.20. The molecule has 3 N–H and O–H groups in total. The van der Waals surface area contributed by atoms with E-state index < -0.39 is 0 Å². The number of halogens is 1. The van der Waals surface area contributed by atoms with Crippen molar-refractivity contribution in [2.24, 2.45) is 11.8 Å². The normalized spacial score (nSPS) is 19.4. The zero-order valence-corrected chi connectivity index (χ0v) is 13.0. The van der Waals surface area contributed by atoms with Gasteiger partial charge in [0.2, 0.25) is 0 Å². The summed E-state index contributed by atoms with van der Waals surface area (Å²) < 4.78 is 1.22. The number of hydrazine groups is 1. The van der Waals surface area contributed by atoms with E-state index in [1.165, 1.54) is 40.1 Å². The summed E-state index contributed by atoms with van der Waals surface area (Å²) in [5, 5.41) is 2.13. The molecule has 1 aromatic heterocycles. The van der Waals surface area contributed by atoms with E-state index in [0.717, 1.165) is 12.3 Å². The van der Waals surface area contributed by atoms with E-state index in [2.05, 4.69) is 44.6 Å². The molecular weight excluding hydrogens is 316 g/mol. The van der Waals surface area contributed by atoms with Crippen molar-refractivity contribution in [3.05, 3.63) is 20.8 Å². The number of thiophene rings is 1. The lowest BCUT2D eigenvalue weighted by molar-refractivity contribution is 0.366. The highest BCUT2D eigenvalue weighted by Gasteiger charge is 2.19. The maximum atomic E-state index is 5.69. The van der Waals surface area contributed by atoms with Crippen LogP contribution in [0.1, 0.15) is 24.1 Å². The zero-order valence-electron chi connectivity index (χ0n) is 9.82. The largest absolute Gasteiger partial charge is 0.271 e. The SMILES string of the molecule is NNC(Cc1sccc1Br)CC1CCSCC1. The maximum Gasteiger partial charge on any atom is 0.0314 e. The molecule has 17 heavy (non-hydrogen) atoms. The minimum atomic E-state index is 0.415. The van der Waals surface area contributed by atoms with Crippen LogP contribution in [0.2, 0.25) is 0 Å². The van der Waals surface area contributed by atoms with Crippen molar-refractivity contribution in [2.45, 2.75) is 31.7 Å². The molecular formula is C12H19BrN2S2. The van der Waals surface area contributed by atoms with Crippen LogP contribution in [0.25, 0.3) is 0 Å². The molecule has 1 fully saturated rings. The van der Waals surface area contributed by atoms with Crippen LogP contribution in [0.15, 0.2) is 15.9 Å². The van der Waals surface area contributed by atoms with Crippen molar-refractivity contribution in [2.75, 3.05) is 11.5 Å². The highest BCUT2D eigenvalue weighted by molar-refractivity contribution is 9.10. The van der Waals surface area contributed by atoms with Gasteiger partial charge in [0.15, 0.2) is 0 Å². The van der Waals surface area contributed by atoms with Gasteiger partial charge in [-0.1, -0.05) is 0 Å². The Labute approximate surface area is 120 Å². The third kappa shape index (κ3) is 4.24. The van der Waals surface area contributed by atoms with Gasteiger partial charge in [-0.3, -0.25) is 11.3 Å². The van der Waals surface area contributed by atoms with Gasteiger partial charge in [-0.15, -0.1) is 11.3 Å². The molecule has 96 valence electrons. The summed E-state index contributed by atoms with van der Waals surface area (Å²) in [7, 11) is 0. The van der Waals surface area contributed by atoms with E-state index >= 15 is 0 Å². The molecule has 1 aliphatic heterocycles. The van der Waals surface area contributed by atoms with E-state index in [-0.39, 0.29) is 0 Å². The second-order valence-electron chi connectivity index (χ2n) is 4.55. The highest BCUT2D eigenvalue weighted by atomic mass is 79.9. The van der Waals surface area contributed by atoms with Crippen molar-refractivity contribution in [3.8, 4) is 0 Å². The molecule has 0 bridgehead atoms. The van der Waals surface area contributed by atoms with Gasteiger partial charge in [-0.25, -0.2) is 0 Å². The quantitative estimate of drug-likeness (QED) is 0.640. The molecule has 0 radical (unpaired) electrons. The van der Waals surface area contributed by atoms with E-state index in [9.17, 15) is 0 Å². The molecule has 0 amide bonds. The van der Waals surface area contributed by atoms with Crippen molar-refractivity contribution in [1.82, 2.24) is 5.43 Å². The highest BCUT2D eigenvalue weighted by Crippen LogP contribution is 2.29. The van der Waals surface area contributed by atoms with E-state index in [1.807, 2.05) is 11.3 Å². The van der Waals surface area contributed by atoms with Crippen LogP contribution in [-0.2, 0) is 6.42 Å². The molecule has 0 saturated carbocycles. The van der Waals surface area contributed by atoms with Crippen molar-refractivity contribution in [1.29, 1.82) is 0 Å². The van der Waals surface area contributed by atoms with Crippen LogP contribution >= 0.6 is 39.0 Å². The molecule has 0 spiro atoms. The summed E-state index contributed by atoms with van der Waals surface area (Å²) >= 11 is 7.48. The lowest BCUT2D eigenvalue weighted by Crippen LogP contribution is -2.38. The Morgan fingerprint density at radius 3 is 2.82 bits per heavy atom. The van der Waals surface area contributed by atoms with Crippen molar-refractivity contribution >= 4 is 39.0 Å². The molecule has 1 aliphatic rings. The fraction of sp³-hybridized carbons (Fsp3) is 0.667. The summed E-state index contributed by atoms with van der Waals surface area (Å²) in [5.41, 5.74) is 2.99. The Hall–Kier alpha value is 0.450. The van der Waals surface area contributed by atoms with Crippen LogP contribution in [0.4, 0.5) is 0 Å². The zero-order chi connectivity index (χ0) is 12.1. The predicted molar refractivity (Wildman–Crippen MR) is 81.5 cm³/mol. The first-order valence-corrected chi connectivity index (χ1v) is 8.88. The summed E-state index contributed by atoms with van der Waals surface area (Å²) in [6.07, 6.45) is 4.96. The molecule has 1 saturated heterocycles. The molecule has 1 unspecified atom stereocenters. The first kappa shape index (κ1) is 13.9. The monoisotopic (exact) mass is 334 g/mol. The predicted octanol–water partition coefficient (Wildman–Crippen LogP) is 3.42. The van der Waals surface area contributed by atoms with Gasteiger partial charge >= 0.3 is 0 Å². The minimum Gasteiger partial charge on any atom is -0.271 e. The van der Waals surface area contributed by atoms with Gasteiger partial charge < -0.3 is 0 Å². The van der Waals surface area contributed by atoms with Crippen molar-refractivity contribution < 1.29 is 0 Å². The Morgan fingerprint density at radius 2 is 2.24 bits per heavy atom. The molecule has 0 aromatic carbocycles. The number of nitrogens with two attached hydrogens (primary N) is 1. The third-order valence-electron chi connectivity index (χ3n) is 3.32. The second kappa shape index (κ2) is 7.14. The van der Waals surface area contributed by atoms with Crippen LogP contribution in [0.3, 0.4) is 0 Å². The van der Waals surface area contributed by atoms with Gasteiger partial charge in [-0.05, 0) is 70.5 Å². The molecule has 0 aliphatic carbocycles. The van der Waals surface area contributed by atoms with Crippen LogP contribution < -0.4 is 11.3 Å². The average molecular weight is 335 g/mol. The van der Waals surface area contributed by atoms with Gasteiger partial charge in [0.25, 0.3) is 0 Å². The Balaban J connectivity index is 1.85. The first-order valence-electron chi connectivity index (χ1n) is 6.05. The molecule has 2 nitrogen and oxygen atoms in total. The number of rotatable bonds is 5. The van der Waals surface area contributed by atoms with Gasteiger partial charge in [0.05, 0.1) is 0 Å². The molecule has 1 aromatic rings. The Morgan fingerprint density at radius 1 is 1.47 bits per heavy atom. The van der Waals surface area contributed by atoms with E-state index in [0.29, 0.717) is 6.04 Å². The van der Waals surface area contributed by atoms with E-state index in [4.69, 9.17) is 5.84 Å². The fourth-order valence-corrected chi connectivity index (χ4v) is 5.09. The lowest BCUT2D eigenvalue weighted by Gasteiger charge is -2.25. The third-order valence-corrected chi connectivity index (χ3v) is 6.31. The van der Waals surface area contributed by atoms with Crippen molar-refractivity contribution in [3.63, 3.8) is 0 Å². The van der Waals surface area contributed by atoms with Crippen LogP contribution in [0, 0.1) is 5.92 Å². The molecule has 2 heterocycles. The second-order valence-corrected chi connectivity index (χ2v) is 7.63. The Kier molecular flexibility index (Phi) is 5.83. The minimum absolute atomic E-state index is 0.415.